The first kappa shape index (κ1) is 13.7. The van der Waals surface area contributed by atoms with Gasteiger partial charge in [-0.15, -0.1) is 0 Å². The fourth-order valence-corrected chi connectivity index (χ4v) is 2.73. The highest BCUT2D eigenvalue weighted by molar-refractivity contribution is 7.89. The molecule has 0 bridgehead atoms. The van der Waals surface area contributed by atoms with Crippen molar-refractivity contribution in [3.8, 4) is 0 Å². The zero-order chi connectivity index (χ0) is 12.3. The van der Waals surface area contributed by atoms with Crippen LogP contribution in [-0.4, -0.2) is 26.7 Å². The van der Waals surface area contributed by atoms with Crippen LogP contribution in [0.1, 0.15) is 5.56 Å². The molecule has 1 aromatic carbocycles. The van der Waals surface area contributed by atoms with Crippen molar-refractivity contribution in [2.24, 2.45) is 0 Å². The van der Waals surface area contributed by atoms with Crippen LogP contribution in [0.25, 0.3) is 0 Å². The molecule has 7 heteroatoms. The van der Waals surface area contributed by atoms with Crippen molar-refractivity contribution in [2.75, 3.05) is 13.2 Å². The summed E-state index contributed by atoms with van der Waals surface area (Å²) in [6.45, 7) is 1.38. The van der Waals surface area contributed by atoms with E-state index in [1.807, 2.05) is 0 Å². The second-order valence-electron chi connectivity index (χ2n) is 3.13. The van der Waals surface area contributed by atoms with Crippen molar-refractivity contribution in [3.63, 3.8) is 0 Å². The van der Waals surface area contributed by atoms with Crippen LogP contribution in [0.5, 0.6) is 0 Å². The number of aliphatic hydroxyl groups excluding tert-OH is 1. The minimum Gasteiger partial charge on any atom is -0.395 e. The maximum absolute atomic E-state index is 11.7. The van der Waals surface area contributed by atoms with Crippen LogP contribution in [0.2, 0.25) is 10.0 Å². The maximum Gasteiger partial charge on any atom is 0.240 e. The molecule has 0 amide bonds. The summed E-state index contributed by atoms with van der Waals surface area (Å²) in [5.74, 6) is 0. The number of sulfonamides is 1. The van der Waals surface area contributed by atoms with E-state index in [9.17, 15) is 8.42 Å². The average molecular weight is 284 g/mol. The molecule has 2 N–H and O–H groups in total. The highest BCUT2D eigenvalue weighted by Gasteiger charge is 2.16. The third-order valence-corrected chi connectivity index (χ3v) is 4.19. The number of nitrogens with one attached hydrogen (secondary N) is 1. The van der Waals surface area contributed by atoms with Gasteiger partial charge in [0.05, 0.1) is 11.5 Å². The highest BCUT2D eigenvalue weighted by atomic mass is 35.5. The third kappa shape index (κ3) is 3.09. The van der Waals surface area contributed by atoms with Gasteiger partial charge in [-0.1, -0.05) is 23.2 Å². The lowest BCUT2D eigenvalue weighted by Gasteiger charge is -2.08. The molecule has 0 radical (unpaired) electrons. The number of rotatable bonds is 4. The van der Waals surface area contributed by atoms with Gasteiger partial charge in [-0.2, -0.15) is 0 Å². The standard InChI is InChI=1S/C9H11Cl2NO3S/c1-6-8(10)4-7(5-9(6)11)16(14,15)12-2-3-13/h4-5,12-13H,2-3H2,1H3. The van der Waals surface area contributed by atoms with E-state index in [1.165, 1.54) is 12.1 Å². The van der Waals surface area contributed by atoms with Gasteiger partial charge in [-0.3, -0.25) is 0 Å². The number of benzene rings is 1. The predicted molar refractivity (Wildman–Crippen MR) is 63.5 cm³/mol. The SMILES string of the molecule is Cc1c(Cl)cc(S(=O)(=O)NCCO)cc1Cl. The van der Waals surface area contributed by atoms with Crippen molar-refractivity contribution in [2.45, 2.75) is 11.8 Å². The van der Waals surface area contributed by atoms with Crippen LogP contribution in [0.3, 0.4) is 0 Å². The fraction of sp³-hybridized carbons (Fsp3) is 0.333. The Balaban J connectivity index is 3.14. The molecule has 16 heavy (non-hydrogen) atoms. The molecule has 0 spiro atoms. The predicted octanol–water partition coefficient (Wildman–Crippen LogP) is 1.57. The first-order valence-electron chi connectivity index (χ1n) is 4.44. The topological polar surface area (TPSA) is 66.4 Å². The monoisotopic (exact) mass is 283 g/mol. The lowest BCUT2D eigenvalue weighted by molar-refractivity contribution is 0.301. The van der Waals surface area contributed by atoms with Crippen LogP contribution in [0, 0.1) is 6.92 Å². The van der Waals surface area contributed by atoms with Gasteiger partial charge in [0.2, 0.25) is 10.0 Å². The summed E-state index contributed by atoms with van der Waals surface area (Å²) in [6.07, 6.45) is 0. The van der Waals surface area contributed by atoms with Crippen LogP contribution in [0.4, 0.5) is 0 Å². The Morgan fingerprint density at radius 2 is 1.81 bits per heavy atom. The number of hydrogen-bond acceptors (Lipinski definition) is 3. The molecule has 0 saturated carbocycles. The minimum atomic E-state index is -3.66. The van der Waals surface area contributed by atoms with Gasteiger partial charge in [0.15, 0.2) is 0 Å². The van der Waals surface area contributed by atoms with Crippen LogP contribution < -0.4 is 4.72 Å². The van der Waals surface area contributed by atoms with Gasteiger partial charge >= 0.3 is 0 Å². The van der Waals surface area contributed by atoms with E-state index in [4.69, 9.17) is 28.3 Å². The molecule has 0 saturated heterocycles. The zero-order valence-corrected chi connectivity index (χ0v) is 10.8. The number of hydrogen-bond donors (Lipinski definition) is 2. The lowest BCUT2D eigenvalue weighted by Crippen LogP contribution is -2.26. The van der Waals surface area contributed by atoms with E-state index in [-0.39, 0.29) is 28.1 Å². The normalized spacial score (nSPS) is 11.8. The van der Waals surface area contributed by atoms with Gasteiger partial charge < -0.3 is 5.11 Å². The minimum absolute atomic E-state index is 0.0125. The molecular weight excluding hydrogens is 273 g/mol. The number of halogens is 2. The molecule has 0 aliphatic carbocycles. The average Bonchev–Trinajstić information content (AvgIpc) is 2.22. The molecule has 0 heterocycles. The lowest BCUT2D eigenvalue weighted by atomic mass is 10.2. The van der Waals surface area contributed by atoms with Crippen LogP contribution in [-0.2, 0) is 10.0 Å². The van der Waals surface area contributed by atoms with Crippen molar-refractivity contribution in [1.82, 2.24) is 4.72 Å². The van der Waals surface area contributed by atoms with E-state index < -0.39 is 10.0 Å². The smallest absolute Gasteiger partial charge is 0.240 e. The molecule has 1 aromatic rings. The van der Waals surface area contributed by atoms with Gasteiger partial charge in [0.1, 0.15) is 0 Å². The maximum atomic E-state index is 11.7. The van der Waals surface area contributed by atoms with E-state index in [1.54, 1.807) is 6.92 Å². The molecule has 90 valence electrons. The summed E-state index contributed by atoms with van der Waals surface area (Å²) < 4.78 is 25.5. The molecule has 0 fully saturated rings. The summed E-state index contributed by atoms with van der Waals surface area (Å²) in [5, 5.41) is 9.13. The summed E-state index contributed by atoms with van der Waals surface area (Å²) in [5.41, 5.74) is 0.629. The Bertz CT molecular complexity index is 465. The second-order valence-corrected chi connectivity index (χ2v) is 5.71. The van der Waals surface area contributed by atoms with Gasteiger partial charge in [0.25, 0.3) is 0 Å². The third-order valence-electron chi connectivity index (χ3n) is 1.97. The highest BCUT2D eigenvalue weighted by Crippen LogP contribution is 2.27. The quantitative estimate of drug-likeness (QED) is 0.882. The van der Waals surface area contributed by atoms with Crippen LogP contribution >= 0.6 is 23.2 Å². The van der Waals surface area contributed by atoms with Crippen molar-refractivity contribution >= 4 is 33.2 Å². The first-order valence-corrected chi connectivity index (χ1v) is 6.68. The Morgan fingerprint density at radius 3 is 2.25 bits per heavy atom. The molecule has 1 rings (SSSR count). The molecule has 0 aromatic heterocycles. The molecule has 0 atom stereocenters. The number of aliphatic hydroxyl groups is 1. The first-order chi connectivity index (χ1) is 7.38. The van der Waals surface area contributed by atoms with Crippen molar-refractivity contribution in [1.29, 1.82) is 0 Å². The summed E-state index contributed by atoms with van der Waals surface area (Å²) >= 11 is 11.7. The van der Waals surface area contributed by atoms with Gasteiger partial charge in [-0.25, -0.2) is 13.1 Å². The van der Waals surface area contributed by atoms with E-state index in [2.05, 4.69) is 4.72 Å². The van der Waals surface area contributed by atoms with E-state index in [0.717, 1.165) is 0 Å². The van der Waals surface area contributed by atoms with E-state index >= 15 is 0 Å². The van der Waals surface area contributed by atoms with Crippen molar-refractivity contribution in [3.05, 3.63) is 27.7 Å². The summed E-state index contributed by atoms with van der Waals surface area (Å²) in [4.78, 5) is -0.0125. The molecule has 0 aliphatic heterocycles. The second kappa shape index (κ2) is 5.33. The molecule has 4 nitrogen and oxygen atoms in total. The van der Waals surface area contributed by atoms with Gasteiger partial charge in [0, 0.05) is 16.6 Å². The fourth-order valence-electron chi connectivity index (χ4n) is 1.04. The molecular formula is C9H11Cl2NO3S. The van der Waals surface area contributed by atoms with E-state index in [0.29, 0.717) is 5.56 Å². The molecule has 0 unspecified atom stereocenters. The largest absolute Gasteiger partial charge is 0.395 e. The van der Waals surface area contributed by atoms with Crippen LogP contribution in [0.15, 0.2) is 17.0 Å². The Kier molecular flexibility index (Phi) is 4.58. The summed E-state index contributed by atoms with van der Waals surface area (Å²) in [7, 11) is -3.66. The molecule has 0 aliphatic rings. The van der Waals surface area contributed by atoms with Gasteiger partial charge in [-0.05, 0) is 24.6 Å². The Morgan fingerprint density at radius 1 is 1.31 bits per heavy atom. The Hall–Kier alpha value is -0.330. The Labute approximate surface area is 104 Å². The zero-order valence-electron chi connectivity index (χ0n) is 8.50. The summed E-state index contributed by atoms with van der Waals surface area (Å²) in [6, 6.07) is 2.64. The van der Waals surface area contributed by atoms with Crippen molar-refractivity contribution < 1.29 is 13.5 Å².